The monoisotopic (exact) mass is 321 g/mol. The number of hydrogen-bond donors (Lipinski definition) is 0. The molecule has 0 N–H and O–H groups in total. The Bertz CT molecular complexity index is 606. The molecule has 0 aliphatic rings. The number of oxime groups is 1. The third-order valence-corrected chi connectivity index (χ3v) is 2.79. The van der Waals surface area contributed by atoms with Crippen LogP contribution in [0.1, 0.15) is 12.0 Å². The van der Waals surface area contributed by atoms with Gasteiger partial charge >= 0.3 is 6.61 Å². The minimum absolute atomic E-state index is 0.0576. The molecule has 0 bridgehead atoms. The lowest BCUT2D eigenvalue weighted by Crippen LogP contribution is -2.04. The summed E-state index contributed by atoms with van der Waals surface area (Å²) in [5.41, 5.74) is 0.424. The molecule has 0 aromatic heterocycles. The van der Waals surface area contributed by atoms with E-state index in [9.17, 15) is 8.78 Å². The first-order valence-corrected chi connectivity index (χ1v) is 7.13. The van der Waals surface area contributed by atoms with Gasteiger partial charge in [-0.25, -0.2) is 0 Å². The predicted octanol–water partition coefficient (Wildman–Crippen LogP) is 4.11. The summed E-state index contributed by atoms with van der Waals surface area (Å²) in [4.78, 5) is 5.08. The largest absolute Gasteiger partial charge is 0.493 e. The van der Waals surface area contributed by atoms with Gasteiger partial charge in [-0.2, -0.15) is 8.78 Å². The SMILES string of the molecule is FC(F)Oc1ccccc1/C=N/OCCCOc1ccccc1. The minimum atomic E-state index is -2.87. The molecule has 4 nitrogen and oxygen atoms in total. The molecule has 0 saturated carbocycles. The first-order valence-electron chi connectivity index (χ1n) is 7.13. The van der Waals surface area contributed by atoms with Gasteiger partial charge in [-0.15, -0.1) is 0 Å². The average molecular weight is 321 g/mol. The number of benzene rings is 2. The molecule has 2 aromatic carbocycles. The highest BCUT2D eigenvalue weighted by Gasteiger charge is 2.07. The number of rotatable bonds is 9. The third kappa shape index (κ3) is 6.34. The number of hydrogen-bond acceptors (Lipinski definition) is 4. The molecule has 0 spiro atoms. The fourth-order valence-corrected chi connectivity index (χ4v) is 1.77. The Balaban J connectivity index is 1.69. The van der Waals surface area contributed by atoms with Crippen LogP contribution in [0.15, 0.2) is 59.8 Å². The van der Waals surface area contributed by atoms with E-state index < -0.39 is 6.61 Å². The number of nitrogens with zero attached hydrogens (tertiary/aromatic N) is 1. The maximum Gasteiger partial charge on any atom is 0.387 e. The van der Waals surface area contributed by atoms with Gasteiger partial charge in [0, 0.05) is 12.0 Å². The lowest BCUT2D eigenvalue weighted by molar-refractivity contribution is -0.0499. The van der Waals surface area contributed by atoms with Crippen molar-refractivity contribution in [2.75, 3.05) is 13.2 Å². The van der Waals surface area contributed by atoms with E-state index in [0.717, 1.165) is 5.75 Å². The molecule has 0 heterocycles. The van der Waals surface area contributed by atoms with Crippen molar-refractivity contribution in [2.24, 2.45) is 5.16 Å². The van der Waals surface area contributed by atoms with Crippen LogP contribution in [-0.2, 0) is 4.84 Å². The fourth-order valence-electron chi connectivity index (χ4n) is 1.77. The molecule has 0 atom stereocenters. The Kier molecular flexibility index (Phi) is 6.84. The molecular weight excluding hydrogens is 304 g/mol. The lowest BCUT2D eigenvalue weighted by Gasteiger charge is -2.07. The van der Waals surface area contributed by atoms with Gasteiger partial charge in [-0.05, 0) is 24.3 Å². The van der Waals surface area contributed by atoms with Gasteiger partial charge in [0.05, 0.1) is 12.8 Å². The molecule has 0 radical (unpaired) electrons. The second kappa shape index (κ2) is 9.40. The summed E-state index contributed by atoms with van der Waals surface area (Å²) in [6, 6.07) is 15.8. The molecule has 0 aliphatic heterocycles. The van der Waals surface area contributed by atoms with Crippen molar-refractivity contribution in [3.63, 3.8) is 0 Å². The fraction of sp³-hybridized carbons (Fsp3) is 0.235. The summed E-state index contributed by atoms with van der Waals surface area (Å²) in [5.74, 6) is 0.858. The van der Waals surface area contributed by atoms with Crippen LogP contribution < -0.4 is 9.47 Å². The third-order valence-electron chi connectivity index (χ3n) is 2.79. The number of alkyl halides is 2. The Hall–Kier alpha value is -2.63. The van der Waals surface area contributed by atoms with E-state index in [1.807, 2.05) is 30.3 Å². The van der Waals surface area contributed by atoms with Crippen LogP contribution in [0.2, 0.25) is 0 Å². The van der Waals surface area contributed by atoms with E-state index in [0.29, 0.717) is 25.2 Å². The highest BCUT2D eigenvalue weighted by Crippen LogP contribution is 2.18. The molecule has 0 amide bonds. The molecule has 6 heteroatoms. The molecule has 2 rings (SSSR count). The highest BCUT2D eigenvalue weighted by atomic mass is 19.3. The van der Waals surface area contributed by atoms with Crippen LogP contribution in [0.3, 0.4) is 0 Å². The van der Waals surface area contributed by atoms with Crippen molar-refractivity contribution in [1.82, 2.24) is 0 Å². The maximum absolute atomic E-state index is 12.3. The maximum atomic E-state index is 12.3. The van der Waals surface area contributed by atoms with E-state index in [1.165, 1.54) is 12.3 Å². The molecule has 0 aliphatic carbocycles. The zero-order chi connectivity index (χ0) is 16.3. The van der Waals surface area contributed by atoms with Crippen LogP contribution in [0.5, 0.6) is 11.5 Å². The van der Waals surface area contributed by atoms with Crippen LogP contribution in [0.25, 0.3) is 0 Å². The van der Waals surface area contributed by atoms with E-state index in [-0.39, 0.29) is 5.75 Å². The van der Waals surface area contributed by atoms with Crippen LogP contribution in [0.4, 0.5) is 8.78 Å². The first-order chi connectivity index (χ1) is 11.3. The standard InChI is InChI=1S/C17H17F2NO3/c18-17(19)23-16-10-5-4-7-14(16)13-20-22-12-6-11-21-15-8-2-1-3-9-15/h1-5,7-10,13,17H,6,11-12H2/b20-13+. The average Bonchev–Trinajstić information content (AvgIpc) is 2.56. The van der Waals surface area contributed by atoms with Crippen molar-refractivity contribution in [2.45, 2.75) is 13.0 Å². The van der Waals surface area contributed by atoms with Crippen LogP contribution >= 0.6 is 0 Å². The van der Waals surface area contributed by atoms with E-state index >= 15 is 0 Å². The van der Waals surface area contributed by atoms with E-state index in [4.69, 9.17) is 9.57 Å². The van der Waals surface area contributed by atoms with Crippen LogP contribution in [0, 0.1) is 0 Å². The van der Waals surface area contributed by atoms with Gasteiger partial charge in [0.25, 0.3) is 0 Å². The van der Waals surface area contributed by atoms with Crippen molar-refractivity contribution in [3.8, 4) is 11.5 Å². The topological polar surface area (TPSA) is 40.0 Å². The number of para-hydroxylation sites is 2. The van der Waals surface area contributed by atoms with Crippen molar-refractivity contribution in [3.05, 3.63) is 60.2 Å². The molecule has 0 fully saturated rings. The second-order valence-corrected chi connectivity index (χ2v) is 4.50. The minimum Gasteiger partial charge on any atom is -0.493 e. The molecular formula is C17H17F2NO3. The van der Waals surface area contributed by atoms with Gasteiger partial charge in [0.2, 0.25) is 0 Å². The summed E-state index contributed by atoms with van der Waals surface area (Å²) < 4.78 is 34.4. The van der Waals surface area contributed by atoms with E-state index in [2.05, 4.69) is 9.89 Å². The van der Waals surface area contributed by atoms with Gasteiger partial charge in [-0.1, -0.05) is 35.5 Å². The van der Waals surface area contributed by atoms with E-state index in [1.54, 1.807) is 18.2 Å². The zero-order valence-electron chi connectivity index (χ0n) is 12.4. The zero-order valence-corrected chi connectivity index (χ0v) is 12.4. The summed E-state index contributed by atoms with van der Waals surface area (Å²) >= 11 is 0. The normalized spacial score (nSPS) is 10.9. The Labute approximate surface area is 133 Å². The van der Waals surface area contributed by atoms with Crippen molar-refractivity contribution < 1.29 is 23.1 Å². The van der Waals surface area contributed by atoms with Crippen molar-refractivity contribution in [1.29, 1.82) is 0 Å². The summed E-state index contributed by atoms with van der Waals surface area (Å²) in [6.07, 6.45) is 2.00. The second-order valence-electron chi connectivity index (χ2n) is 4.50. The number of ether oxygens (including phenoxy) is 2. The molecule has 2 aromatic rings. The summed E-state index contributed by atoms with van der Waals surface area (Å²) in [6.45, 7) is -2.01. The lowest BCUT2D eigenvalue weighted by atomic mass is 10.2. The molecule has 0 unspecified atom stereocenters. The van der Waals surface area contributed by atoms with Gasteiger partial charge in [0.15, 0.2) is 0 Å². The Morgan fingerprint density at radius 2 is 1.70 bits per heavy atom. The predicted molar refractivity (Wildman–Crippen MR) is 83.2 cm³/mol. The van der Waals surface area contributed by atoms with Gasteiger partial charge in [0.1, 0.15) is 18.1 Å². The first kappa shape index (κ1) is 16.7. The Morgan fingerprint density at radius 1 is 0.957 bits per heavy atom. The van der Waals surface area contributed by atoms with Gasteiger partial charge in [-0.3, -0.25) is 0 Å². The molecule has 23 heavy (non-hydrogen) atoms. The summed E-state index contributed by atoms with van der Waals surface area (Å²) in [5, 5.41) is 3.75. The molecule has 0 saturated heterocycles. The Morgan fingerprint density at radius 3 is 2.48 bits per heavy atom. The van der Waals surface area contributed by atoms with Gasteiger partial charge < -0.3 is 14.3 Å². The van der Waals surface area contributed by atoms with Crippen molar-refractivity contribution >= 4 is 6.21 Å². The summed E-state index contributed by atoms with van der Waals surface area (Å²) in [7, 11) is 0. The highest BCUT2D eigenvalue weighted by molar-refractivity contribution is 5.83. The smallest absolute Gasteiger partial charge is 0.387 e. The van der Waals surface area contributed by atoms with Crippen LogP contribution in [-0.4, -0.2) is 26.0 Å². The number of halogens is 2. The molecule has 122 valence electrons. The quantitative estimate of drug-likeness (QED) is 0.396.